The second kappa shape index (κ2) is 10.5. The number of aliphatic imine (C=N–C) groups is 1. The summed E-state index contributed by atoms with van der Waals surface area (Å²) >= 11 is 1.33. The zero-order chi connectivity index (χ0) is 26.8. The molecule has 2 heterocycles. The third kappa shape index (κ3) is 5.12. The molecule has 6 rings (SSSR count). The van der Waals surface area contributed by atoms with Crippen LogP contribution in [0.5, 0.6) is 0 Å². The van der Waals surface area contributed by atoms with Gasteiger partial charge in [0.1, 0.15) is 0 Å². The van der Waals surface area contributed by atoms with Crippen LogP contribution in [0.25, 0.3) is 22.5 Å². The topological polar surface area (TPSA) is 74.9 Å². The van der Waals surface area contributed by atoms with Gasteiger partial charge >= 0.3 is 5.97 Å². The van der Waals surface area contributed by atoms with Gasteiger partial charge in [-0.1, -0.05) is 60.7 Å². The number of thioether (sulfide) groups is 1. The maximum absolute atomic E-state index is 13.7. The van der Waals surface area contributed by atoms with Gasteiger partial charge in [0.15, 0.2) is 5.17 Å². The predicted molar refractivity (Wildman–Crippen MR) is 156 cm³/mol. The number of amides is 1. The summed E-state index contributed by atoms with van der Waals surface area (Å²) in [5.74, 6) is -1.14. The molecule has 1 aliphatic rings. The molecular weight excluding hydrogens is 506 g/mol. The Hall–Kier alpha value is -4.88. The third-order valence-electron chi connectivity index (χ3n) is 6.48. The fourth-order valence-corrected chi connectivity index (χ4v) is 5.47. The van der Waals surface area contributed by atoms with E-state index in [0.717, 1.165) is 28.0 Å². The van der Waals surface area contributed by atoms with E-state index in [4.69, 9.17) is 4.99 Å². The summed E-state index contributed by atoms with van der Waals surface area (Å²) in [6.07, 6.45) is 3.89. The van der Waals surface area contributed by atoms with Crippen molar-refractivity contribution in [1.29, 1.82) is 0 Å². The molecule has 0 bridgehead atoms. The highest BCUT2D eigenvalue weighted by Gasteiger charge is 2.33. The number of carbonyl (C=O) groups is 2. The molecule has 0 unspecified atom stereocenters. The van der Waals surface area contributed by atoms with E-state index in [-0.39, 0.29) is 18.0 Å². The molecule has 6 nitrogen and oxygen atoms in total. The number of hydrogen-bond donors (Lipinski definition) is 1. The minimum atomic E-state index is -0.986. The molecule has 1 aliphatic heterocycles. The average Bonchev–Trinajstić information content (AvgIpc) is 3.54. The summed E-state index contributed by atoms with van der Waals surface area (Å²) in [6.45, 7) is 0.278. The van der Waals surface area contributed by atoms with E-state index in [1.165, 1.54) is 17.1 Å². The van der Waals surface area contributed by atoms with Crippen LogP contribution in [0.15, 0.2) is 125 Å². The van der Waals surface area contributed by atoms with Crippen molar-refractivity contribution in [2.75, 3.05) is 0 Å². The summed E-state index contributed by atoms with van der Waals surface area (Å²) in [5, 5.41) is 12.1. The Kier molecular flexibility index (Phi) is 6.57. The van der Waals surface area contributed by atoms with Crippen LogP contribution < -0.4 is 0 Å². The van der Waals surface area contributed by atoms with Crippen LogP contribution in [0.2, 0.25) is 0 Å². The van der Waals surface area contributed by atoms with Gasteiger partial charge in [-0.2, -0.15) is 0 Å². The molecule has 0 radical (unpaired) electrons. The first-order valence-electron chi connectivity index (χ1n) is 12.4. The van der Waals surface area contributed by atoms with Crippen molar-refractivity contribution in [3.05, 3.63) is 137 Å². The standard InChI is InChI=1S/C32H23N3O3S/c36-30-29(20-27-11-6-18-34(27)28-17-16-23-7-4-5-8-25(23)19-28)39-32(33-26-9-2-1-3-10-26)35(30)21-22-12-14-24(15-13-22)31(37)38/h1-20H,21H2,(H,37,38)/b29-20-,33-32?. The first kappa shape index (κ1) is 24.5. The van der Waals surface area contributed by atoms with E-state index >= 15 is 0 Å². The Bertz CT molecular complexity index is 1750. The molecule has 4 aromatic carbocycles. The zero-order valence-corrected chi connectivity index (χ0v) is 21.6. The lowest BCUT2D eigenvalue weighted by Gasteiger charge is -2.16. The number of benzene rings is 4. The highest BCUT2D eigenvalue weighted by atomic mass is 32.2. The molecule has 190 valence electrons. The zero-order valence-electron chi connectivity index (χ0n) is 20.8. The number of nitrogens with zero attached hydrogens (tertiary/aromatic N) is 3. The molecule has 1 amide bonds. The number of hydrogen-bond acceptors (Lipinski definition) is 4. The van der Waals surface area contributed by atoms with Crippen molar-refractivity contribution in [1.82, 2.24) is 9.47 Å². The Morgan fingerprint density at radius 1 is 0.846 bits per heavy atom. The van der Waals surface area contributed by atoms with Crippen LogP contribution in [0, 0.1) is 0 Å². The molecule has 0 saturated carbocycles. The number of para-hydroxylation sites is 1. The van der Waals surface area contributed by atoms with Crippen molar-refractivity contribution < 1.29 is 14.7 Å². The second-order valence-electron chi connectivity index (χ2n) is 9.07. The largest absolute Gasteiger partial charge is 0.478 e. The van der Waals surface area contributed by atoms with E-state index < -0.39 is 5.97 Å². The van der Waals surface area contributed by atoms with Gasteiger partial charge in [-0.05, 0) is 82.7 Å². The normalized spacial score (nSPS) is 15.5. The van der Waals surface area contributed by atoms with Gasteiger partial charge in [0.2, 0.25) is 0 Å². The monoisotopic (exact) mass is 529 g/mol. The number of aromatic nitrogens is 1. The van der Waals surface area contributed by atoms with E-state index in [1.807, 2.05) is 66.9 Å². The lowest BCUT2D eigenvalue weighted by atomic mass is 10.1. The van der Waals surface area contributed by atoms with Crippen LogP contribution in [-0.2, 0) is 11.3 Å². The van der Waals surface area contributed by atoms with E-state index in [0.29, 0.717) is 10.1 Å². The van der Waals surface area contributed by atoms with Crippen LogP contribution in [0.4, 0.5) is 5.69 Å². The molecule has 0 aliphatic carbocycles. The SMILES string of the molecule is O=C(O)c1ccc(CN2C(=O)/C(=C/c3cccn3-c3ccc4ccccc4c3)SC2=Nc2ccccc2)cc1. The highest BCUT2D eigenvalue weighted by Crippen LogP contribution is 2.35. The Labute approximate surface area is 229 Å². The molecule has 1 fully saturated rings. The van der Waals surface area contributed by atoms with Crippen LogP contribution in [-0.4, -0.2) is 31.6 Å². The Morgan fingerprint density at radius 2 is 1.59 bits per heavy atom. The number of carboxylic acid groups (broad SMARTS) is 1. The summed E-state index contributed by atoms with van der Waals surface area (Å²) in [6, 6.07) is 34.6. The van der Waals surface area contributed by atoms with Crippen molar-refractivity contribution in [2.24, 2.45) is 4.99 Å². The number of aromatic carboxylic acids is 1. The molecule has 1 N–H and O–H groups in total. The van der Waals surface area contributed by atoms with Gasteiger partial charge in [0.05, 0.1) is 22.7 Å². The summed E-state index contributed by atoms with van der Waals surface area (Å²) in [5.41, 5.74) is 3.66. The van der Waals surface area contributed by atoms with Gasteiger partial charge < -0.3 is 9.67 Å². The molecular formula is C32H23N3O3S. The molecule has 1 aromatic heterocycles. The van der Waals surface area contributed by atoms with Gasteiger partial charge in [-0.3, -0.25) is 9.69 Å². The smallest absolute Gasteiger partial charge is 0.335 e. The minimum Gasteiger partial charge on any atom is -0.478 e. The van der Waals surface area contributed by atoms with Gasteiger partial charge in [0, 0.05) is 17.6 Å². The lowest BCUT2D eigenvalue weighted by Crippen LogP contribution is -2.28. The second-order valence-corrected chi connectivity index (χ2v) is 10.1. The maximum Gasteiger partial charge on any atom is 0.335 e. The maximum atomic E-state index is 13.7. The molecule has 0 spiro atoms. The fraction of sp³-hybridized carbons (Fsp3) is 0.0312. The lowest BCUT2D eigenvalue weighted by molar-refractivity contribution is -0.122. The first-order valence-corrected chi connectivity index (χ1v) is 13.2. The molecule has 5 aromatic rings. The van der Waals surface area contributed by atoms with Crippen molar-refractivity contribution in [3.8, 4) is 5.69 Å². The first-order chi connectivity index (χ1) is 19.0. The highest BCUT2D eigenvalue weighted by molar-refractivity contribution is 8.18. The van der Waals surface area contributed by atoms with Crippen LogP contribution in [0.3, 0.4) is 0 Å². The number of carboxylic acids is 1. The van der Waals surface area contributed by atoms with E-state index in [2.05, 4.69) is 34.9 Å². The minimum absolute atomic E-state index is 0.150. The number of rotatable bonds is 6. The third-order valence-corrected chi connectivity index (χ3v) is 7.49. The fourth-order valence-electron chi connectivity index (χ4n) is 4.49. The predicted octanol–water partition coefficient (Wildman–Crippen LogP) is 7.13. The Balaban J connectivity index is 1.35. The summed E-state index contributed by atoms with van der Waals surface area (Å²) < 4.78 is 2.06. The van der Waals surface area contributed by atoms with E-state index in [9.17, 15) is 14.7 Å². The molecule has 0 atom stereocenters. The van der Waals surface area contributed by atoms with Crippen LogP contribution in [0.1, 0.15) is 21.6 Å². The van der Waals surface area contributed by atoms with Gasteiger partial charge in [-0.25, -0.2) is 9.79 Å². The van der Waals surface area contributed by atoms with Crippen molar-refractivity contribution >= 4 is 51.3 Å². The summed E-state index contributed by atoms with van der Waals surface area (Å²) in [4.78, 5) is 31.9. The number of amidine groups is 1. The van der Waals surface area contributed by atoms with Crippen molar-refractivity contribution in [3.63, 3.8) is 0 Å². The quantitative estimate of drug-likeness (QED) is 0.237. The van der Waals surface area contributed by atoms with E-state index in [1.54, 1.807) is 29.2 Å². The number of fused-ring (bicyclic) bond motifs is 1. The molecule has 1 saturated heterocycles. The van der Waals surface area contributed by atoms with Gasteiger partial charge in [-0.15, -0.1) is 0 Å². The molecule has 7 heteroatoms. The number of carbonyl (C=O) groups excluding carboxylic acids is 1. The van der Waals surface area contributed by atoms with Crippen LogP contribution >= 0.6 is 11.8 Å². The van der Waals surface area contributed by atoms with Gasteiger partial charge in [0.25, 0.3) is 5.91 Å². The average molecular weight is 530 g/mol. The van der Waals surface area contributed by atoms with Crippen molar-refractivity contribution in [2.45, 2.75) is 6.54 Å². The molecule has 39 heavy (non-hydrogen) atoms. The Morgan fingerprint density at radius 3 is 2.36 bits per heavy atom. The summed E-state index contributed by atoms with van der Waals surface area (Å²) in [7, 11) is 0.